The first-order chi connectivity index (χ1) is 7.28. The van der Waals surface area contributed by atoms with Crippen LogP contribution in [0.25, 0.3) is 0 Å². The zero-order valence-corrected chi connectivity index (χ0v) is 11.0. The Morgan fingerprint density at radius 1 is 1.44 bits per heavy atom. The van der Waals surface area contributed by atoms with Crippen molar-refractivity contribution in [2.24, 2.45) is 0 Å². The maximum Gasteiger partial charge on any atom is 0.412 e. The molecular formula is C11H14BrNO3. The van der Waals surface area contributed by atoms with Crippen LogP contribution in [0, 0.1) is 0 Å². The van der Waals surface area contributed by atoms with Crippen LogP contribution >= 0.6 is 15.9 Å². The zero-order chi connectivity index (χ0) is 12.3. The van der Waals surface area contributed by atoms with E-state index >= 15 is 0 Å². The second-order valence-corrected chi connectivity index (χ2v) is 5.15. The first kappa shape index (κ1) is 12.8. The molecule has 1 aromatic rings. The van der Waals surface area contributed by atoms with Gasteiger partial charge in [0.05, 0.1) is 5.69 Å². The van der Waals surface area contributed by atoms with Crippen molar-refractivity contribution in [1.82, 2.24) is 0 Å². The normalized spacial score (nSPS) is 11.0. The molecule has 0 aliphatic heterocycles. The molecule has 5 heteroatoms. The number of hydrogen-bond acceptors (Lipinski definition) is 3. The second-order valence-electron chi connectivity index (χ2n) is 4.29. The largest absolute Gasteiger partial charge is 0.508 e. The number of nitrogens with one attached hydrogen (secondary N) is 1. The van der Waals surface area contributed by atoms with Crippen LogP contribution in [0.15, 0.2) is 22.7 Å². The topological polar surface area (TPSA) is 58.6 Å². The molecule has 0 heterocycles. The molecule has 0 aliphatic rings. The van der Waals surface area contributed by atoms with E-state index < -0.39 is 11.7 Å². The van der Waals surface area contributed by atoms with E-state index in [4.69, 9.17) is 4.74 Å². The van der Waals surface area contributed by atoms with Gasteiger partial charge in [-0.2, -0.15) is 0 Å². The fourth-order valence-corrected chi connectivity index (χ4v) is 1.37. The fraction of sp³-hybridized carbons (Fsp3) is 0.364. The average Bonchev–Trinajstić information content (AvgIpc) is 2.08. The van der Waals surface area contributed by atoms with Gasteiger partial charge in [0.25, 0.3) is 0 Å². The van der Waals surface area contributed by atoms with Crippen LogP contribution in [0.3, 0.4) is 0 Å². The van der Waals surface area contributed by atoms with Crippen molar-refractivity contribution in [3.05, 3.63) is 22.7 Å². The lowest BCUT2D eigenvalue weighted by atomic mass is 10.2. The molecule has 2 N–H and O–H groups in total. The maximum absolute atomic E-state index is 11.5. The van der Waals surface area contributed by atoms with Gasteiger partial charge in [-0.05, 0) is 48.8 Å². The monoisotopic (exact) mass is 287 g/mol. The summed E-state index contributed by atoms with van der Waals surface area (Å²) in [4.78, 5) is 11.5. The quantitative estimate of drug-likeness (QED) is 0.831. The van der Waals surface area contributed by atoms with Crippen LogP contribution in [0.4, 0.5) is 10.5 Å². The van der Waals surface area contributed by atoms with Gasteiger partial charge in [-0.3, -0.25) is 5.32 Å². The lowest BCUT2D eigenvalue weighted by Crippen LogP contribution is -2.27. The van der Waals surface area contributed by atoms with E-state index in [0.717, 1.165) is 0 Å². The lowest BCUT2D eigenvalue weighted by molar-refractivity contribution is 0.0636. The SMILES string of the molecule is CC(C)(C)OC(=O)Nc1cc(O)ccc1Br. The summed E-state index contributed by atoms with van der Waals surface area (Å²) >= 11 is 3.26. The molecule has 0 saturated heterocycles. The minimum Gasteiger partial charge on any atom is -0.508 e. The standard InChI is InChI=1S/C11H14BrNO3/c1-11(2,3)16-10(15)13-9-6-7(14)4-5-8(9)12/h4-6,14H,1-3H3,(H,13,15). The molecule has 0 saturated carbocycles. The third kappa shape index (κ3) is 4.10. The van der Waals surface area contributed by atoms with E-state index in [1.54, 1.807) is 26.8 Å². The summed E-state index contributed by atoms with van der Waals surface area (Å²) in [6.45, 7) is 5.35. The summed E-state index contributed by atoms with van der Waals surface area (Å²) in [5.41, 5.74) is -0.0813. The number of ether oxygens (including phenoxy) is 1. The van der Waals surface area contributed by atoms with Gasteiger partial charge in [0.15, 0.2) is 0 Å². The number of hydrogen-bond donors (Lipinski definition) is 2. The van der Waals surface area contributed by atoms with Gasteiger partial charge in [-0.25, -0.2) is 4.79 Å². The Bertz CT molecular complexity index is 399. The average molecular weight is 288 g/mol. The Hall–Kier alpha value is -1.23. The molecule has 0 aromatic heterocycles. The number of aromatic hydroxyl groups is 1. The molecule has 0 atom stereocenters. The van der Waals surface area contributed by atoms with Crippen molar-refractivity contribution in [1.29, 1.82) is 0 Å². The first-order valence-electron chi connectivity index (χ1n) is 4.76. The molecule has 0 bridgehead atoms. The third-order valence-electron chi connectivity index (χ3n) is 1.59. The van der Waals surface area contributed by atoms with Crippen molar-refractivity contribution in [3.63, 3.8) is 0 Å². The molecule has 1 aromatic carbocycles. The van der Waals surface area contributed by atoms with Crippen molar-refractivity contribution in [3.8, 4) is 5.75 Å². The number of amides is 1. The minimum atomic E-state index is -0.557. The molecular weight excluding hydrogens is 274 g/mol. The number of carbonyl (C=O) groups is 1. The Morgan fingerprint density at radius 3 is 2.62 bits per heavy atom. The van der Waals surface area contributed by atoms with Gasteiger partial charge < -0.3 is 9.84 Å². The third-order valence-corrected chi connectivity index (χ3v) is 2.28. The summed E-state index contributed by atoms with van der Waals surface area (Å²) < 4.78 is 5.76. The van der Waals surface area contributed by atoms with Crippen LogP contribution in [0.1, 0.15) is 20.8 Å². The highest BCUT2D eigenvalue weighted by Crippen LogP contribution is 2.26. The number of rotatable bonds is 1. The van der Waals surface area contributed by atoms with Gasteiger partial charge in [0.1, 0.15) is 11.4 Å². The molecule has 1 amide bonds. The van der Waals surface area contributed by atoms with Gasteiger partial charge in [-0.15, -0.1) is 0 Å². The van der Waals surface area contributed by atoms with E-state index in [0.29, 0.717) is 10.2 Å². The Balaban J connectivity index is 2.73. The highest BCUT2D eigenvalue weighted by Gasteiger charge is 2.16. The van der Waals surface area contributed by atoms with Crippen LogP contribution < -0.4 is 5.32 Å². The lowest BCUT2D eigenvalue weighted by Gasteiger charge is -2.20. The molecule has 0 aliphatic carbocycles. The molecule has 0 radical (unpaired) electrons. The second kappa shape index (κ2) is 4.74. The molecule has 1 rings (SSSR count). The molecule has 4 nitrogen and oxygen atoms in total. The van der Waals surface area contributed by atoms with Gasteiger partial charge in [0, 0.05) is 10.5 Å². The van der Waals surface area contributed by atoms with Crippen LogP contribution in [0.2, 0.25) is 0 Å². The Morgan fingerprint density at radius 2 is 2.06 bits per heavy atom. The minimum absolute atomic E-state index is 0.0780. The van der Waals surface area contributed by atoms with Crippen LogP contribution in [0.5, 0.6) is 5.75 Å². The van der Waals surface area contributed by atoms with Crippen molar-refractivity contribution < 1.29 is 14.6 Å². The summed E-state index contributed by atoms with van der Waals surface area (Å²) in [7, 11) is 0. The summed E-state index contributed by atoms with van der Waals surface area (Å²) in [5.74, 6) is 0.0780. The number of carbonyl (C=O) groups excluding carboxylic acids is 1. The summed E-state index contributed by atoms with van der Waals surface area (Å²) in [5, 5.41) is 11.8. The highest BCUT2D eigenvalue weighted by molar-refractivity contribution is 9.10. The van der Waals surface area contributed by atoms with E-state index in [9.17, 15) is 9.90 Å². The van der Waals surface area contributed by atoms with Crippen LogP contribution in [-0.4, -0.2) is 16.8 Å². The van der Waals surface area contributed by atoms with E-state index in [1.807, 2.05) is 0 Å². The van der Waals surface area contributed by atoms with Crippen molar-refractivity contribution in [2.45, 2.75) is 26.4 Å². The smallest absolute Gasteiger partial charge is 0.412 e. The number of phenolic OH excluding ortho intramolecular Hbond substituents is 1. The first-order valence-corrected chi connectivity index (χ1v) is 5.56. The van der Waals surface area contributed by atoms with Crippen molar-refractivity contribution in [2.75, 3.05) is 5.32 Å². The number of benzene rings is 1. The molecule has 0 fully saturated rings. The molecule has 0 spiro atoms. The van der Waals surface area contributed by atoms with Gasteiger partial charge in [0.2, 0.25) is 0 Å². The van der Waals surface area contributed by atoms with Gasteiger partial charge >= 0.3 is 6.09 Å². The van der Waals surface area contributed by atoms with E-state index in [1.165, 1.54) is 12.1 Å². The predicted octanol–water partition coefficient (Wildman–Crippen LogP) is 3.50. The zero-order valence-electron chi connectivity index (χ0n) is 9.37. The number of phenols is 1. The number of halogens is 1. The van der Waals surface area contributed by atoms with Gasteiger partial charge in [-0.1, -0.05) is 0 Å². The fourth-order valence-electron chi connectivity index (χ4n) is 1.02. The molecule has 16 heavy (non-hydrogen) atoms. The maximum atomic E-state index is 11.5. The molecule has 0 unspecified atom stereocenters. The predicted molar refractivity (Wildman–Crippen MR) is 65.7 cm³/mol. The summed E-state index contributed by atoms with van der Waals surface area (Å²) in [6, 6.07) is 4.60. The van der Waals surface area contributed by atoms with E-state index in [2.05, 4.69) is 21.2 Å². The Kier molecular flexibility index (Phi) is 3.80. The summed E-state index contributed by atoms with van der Waals surface area (Å²) in [6.07, 6.45) is -0.557. The van der Waals surface area contributed by atoms with Crippen molar-refractivity contribution >= 4 is 27.7 Å². The van der Waals surface area contributed by atoms with Crippen LogP contribution in [-0.2, 0) is 4.74 Å². The highest BCUT2D eigenvalue weighted by atomic mass is 79.9. The molecule has 88 valence electrons. The van der Waals surface area contributed by atoms with E-state index in [-0.39, 0.29) is 5.75 Å². The Labute approximate surface area is 103 Å². The number of anilines is 1.